The van der Waals surface area contributed by atoms with Crippen LogP contribution in [0.15, 0.2) is 24.5 Å². The summed E-state index contributed by atoms with van der Waals surface area (Å²) < 4.78 is 4.18. The number of rotatable bonds is 6. The smallest absolute Gasteiger partial charge is 0.219 e. The Morgan fingerprint density at radius 2 is 2.03 bits per heavy atom. The quantitative estimate of drug-likeness (QED) is 0.434. The number of nitrogens with zero attached hydrogens (tertiary/aromatic N) is 6. The van der Waals surface area contributed by atoms with Crippen molar-refractivity contribution in [2.75, 3.05) is 18.0 Å². The molecule has 0 fully saturated rings. The van der Waals surface area contributed by atoms with Crippen LogP contribution < -0.4 is 4.90 Å². The van der Waals surface area contributed by atoms with Crippen LogP contribution >= 0.6 is 0 Å². The van der Waals surface area contributed by atoms with Crippen molar-refractivity contribution in [3.63, 3.8) is 0 Å². The van der Waals surface area contributed by atoms with E-state index in [1.165, 1.54) is 33.6 Å². The summed E-state index contributed by atoms with van der Waals surface area (Å²) in [6.45, 7) is 13.1. The number of benzene rings is 1. The van der Waals surface area contributed by atoms with Crippen LogP contribution in [-0.4, -0.2) is 43.5 Å². The molecule has 2 aromatic heterocycles. The van der Waals surface area contributed by atoms with Gasteiger partial charge in [-0.3, -0.25) is 14.2 Å². The third kappa shape index (κ3) is 4.22. The first-order valence-corrected chi connectivity index (χ1v) is 13.6. The lowest BCUT2D eigenvalue weighted by atomic mass is 9.87. The van der Waals surface area contributed by atoms with Crippen LogP contribution in [0.25, 0.3) is 11.1 Å². The number of carbonyl (C=O) groups is 1. The molecule has 0 saturated carbocycles. The summed E-state index contributed by atoms with van der Waals surface area (Å²) in [6.07, 6.45) is 9.33. The Morgan fingerprint density at radius 1 is 1.22 bits per heavy atom. The van der Waals surface area contributed by atoms with Gasteiger partial charge in [0.1, 0.15) is 0 Å². The van der Waals surface area contributed by atoms with Crippen molar-refractivity contribution in [2.24, 2.45) is 7.05 Å². The van der Waals surface area contributed by atoms with Gasteiger partial charge >= 0.3 is 0 Å². The second-order valence-corrected chi connectivity index (χ2v) is 10.7. The Morgan fingerprint density at radius 3 is 2.69 bits per heavy atom. The maximum absolute atomic E-state index is 12.3. The van der Waals surface area contributed by atoms with Crippen molar-refractivity contribution in [3.05, 3.63) is 46.9 Å². The van der Waals surface area contributed by atoms with E-state index < -0.39 is 0 Å². The van der Waals surface area contributed by atoms with Crippen LogP contribution in [-0.2, 0) is 24.8 Å². The maximum Gasteiger partial charge on any atom is 0.219 e. The van der Waals surface area contributed by atoms with Crippen molar-refractivity contribution in [1.29, 1.82) is 0 Å². The largest absolute Gasteiger partial charge is 0.338 e. The minimum Gasteiger partial charge on any atom is -0.338 e. The Bertz CT molecular complexity index is 1270. The summed E-state index contributed by atoms with van der Waals surface area (Å²) in [7, 11) is 1.97. The molecule has 0 saturated heterocycles. The van der Waals surface area contributed by atoms with Crippen molar-refractivity contribution in [2.45, 2.75) is 85.2 Å². The zero-order valence-electron chi connectivity index (χ0n) is 22.7. The van der Waals surface area contributed by atoms with E-state index in [1.807, 2.05) is 22.8 Å². The average molecular weight is 489 g/mol. The highest BCUT2D eigenvalue weighted by molar-refractivity contribution is 5.78. The molecule has 0 bridgehead atoms. The highest BCUT2D eigenvalue weighted by Gasteiger charge is 2.34. The van der Waals surface area contributed by atoms with Gasteiger partial charge in [0.15, 0.2) is 5.82 Å². The summed E-state index contributed by atoms with van der Waals surface area (Å²) >= 11 is 0. The lowest BCUT2D eigenvalue weighted by Crippen LogP contribution is -2.36. The average Bonchev–Trinajstić information content (AvgIpc) is 3.46. The molecule has 0 aliphatic carbocycles. The molecule has 7 heteroatoms. The molecule has 1 aromatic carbocycles. The van der Waals surface area contributed by atoms with Gasteiger partial charge < -0.3 is 9.80 Å². The predicted octanol–water partition coefficient (Wildman–Crippen LogP) is 5.89. The van der Waals surface area contributed by atoms with Crippen molar-refractivity contribution >= 4 is 17.4 Å². The summed E-state index contributed by atoms with van der Waals surface area (Å²) in [5.74, 6) is 1.67. The predicted molar refractivity (Wildman–Crippen MR) is 145 cm³/mol. The van der Waals surface area contributed by atoms with E-state index in [1.54, 1.807) is 6.92 Å². The van der Waals surface area contributed by atoms with E-state index in [-0.39, 0.29) is 5.91 Å². The SMILES string of the molecule is CCCC(CC)n1nc(N2CCC(C)c3cc(-c4cnn(C)c4)c(C)cc32)c2c1CCN(C(C)=O)C2. The molecule has 3 aromatic rings. The summed E-state index contributed by atoms with van der Waals surface area (Å²) in [5, 5.41) is 9.73. The highest BCUT2D eigenvalue weighted by atomic mass is 16.2. The molecule has 2 aliphatic heterocycles. The molecule has 36 heavy (non-hydrogen) atoms. The van der Waals surface area contributed by atoms with Crippen LogP contribution in [0, 0.1) is 6.92 Å². The molecule has 1 amide bonds. The Hall–Kier alpha value is -3.09. The first-order chi connectivity index (χ1) is 17.3. The van der Waals surface area contributed by atoms with Crippen molar-refractivity contribution < 1.29 is 4.79 Å². The van der Waals surface area contributed by atoms with E-state index in [4.69, 9.17) is 5.10 Å². The van der Waals surface area contributed by atoms with Gasteiger partial charge in [-0.2, -0.15) is 10.2 Å². The number of aryl methyl sites for hydroxylation is 2. The number of fused-ring (bicyclic) bond motifs is 2. The fourth-order valence-electron chi connectivity index (χ4n) is 6.08. The van der Waals surface area contributed by atoms with Crippen LogP contribution in [0.4, 0.5) is 11.5 Å². The molecule has 4 heterocycles. The van der Waals surface area contributed by atoms with Crippen LogP contribution in [0.5, 0.6) is 0 Å². The maximum atomic E-state index is 12.3. The van der Waals surface area contributed by atoms with Gasteiger partial charge in [-0.15, -0.1) is 0 Å². The lowest BCUT2D eigenvalue weighted by Gasteiger charge is -2.35. The van der Waals surface area contributed by atoms with E-state index in [2.05, 4.69) is 60.7 Å². The standard InChI is InChI=1S/C29H40N6O/c1-7-9-23(8-2)35-27-11-12-33(21(5)36)18-26(27)29(31-35)34-13-10-19(3)25-15-24(20(4)14-28(25)34)22-16-30-32(6)17-22/h14-17,19,23H,7-13,18H2,1-6H3. The number of aromatic nitrogens is 4. The highest BCUT2D eigenvalue weighted by Crippen LogP contribution is 2.44. The minimum atomic E-state index is 0.143. The van der Waals surface area contributed by atoms with E-state index in [9.17, 15) is 4.79 Å². The van der Waals surface area contributed by atoms with Gasteiger partial charge in [-0.1, -0.05) is 27.2 Å². The summed E-state index contributed by atoms with van der Waals surface area (Å²) in [6, 6.07) is 5.11. The lowest BCUT2D eigenvalue weighted by molar-refractivity contribution is -0.129. The molecule has 0 radical (unpaired) electrons. The Balaban J connectivity index is 1.63. The fraction of sp³-hybridized carbons (Fsp3) is 0.552. The van der Waals surface area contributed by atoms with Gasteiger partial charge in [0, 0.05) is 62.2 Å². The zero-order chi connectivity index (χ0) is 25.6. The Kier molecular flexibility index (Phi) is 6.66. The van der Waals surface area contributed by atoms with Crippen LogP contribution in [0.3, 0.4) is 0 Å². The van der Waals surface area contributed by atoms with Gasteiger partial charge in [0.2, 0.25) is 5.91 Å². The minimum absolute atomic E-state index is 0.143. The monoisotopic (exact) mass is 488 g/mol. The molecular weight excluding hydrogens is 448 g/mol. The number of hydrogen-bond donors (Lipinski definition) is 0. The Labute approximate surface area is 215 Å². The van der Waals surface area contributed by atoms with Crippen molar-refractivity contribution in [3.8, 4) is 11.1 Å². The van der Waals surface area contributed by atoms with Gasteiger partial charge in [0.25, 0.3) is 0 Å². The molecule has 192 valence electrons. The third-order valence-electron chi connectivity index (χ3n) is 8.20. The topological polar surface area (TPSA) is 59.2 Å². The number of hydrogen-bond acceptors (Lipinski definition) is 4. The van der Waals surface area contributed by atoms with Gasteiger partial charge in [-0.25, -0.2) is 0 Å². The van der Waals surface area contributed by atoms with Crippen molar-refractivity contribution in [1.82, 2.24) is 24.5 Å². The summed E-state index contributed by atoms with van der Waals surface area (Å²) in [4.78, 5) is 16.7. The molecule has 0 spiro atoms. The number of amides is 1. The van der Waals surface area contributed by atoms with E-state index >= 15 is 0 Å². The molecule has 2 unspecified atom stereocenters. The van der Waals surface area contributed by atoms with E-state index in [0.717, 1.165) is 56.6 Å². The first kappa shape index (κ1) is 24.6. The number of carbonyl (C=O) groups excluding carboxylic acids is 1. The zero-order valence-corrected chi connectivity index (χ0v) is 22.7. The molecule has 0 N–H and O–H groups in total. The molecule has 2 atom stereocenters. The fourth-order valence-corrected chi connectivity index (χ4v) is 6.08. The van der Waals surface area contributed by atoms with E-state index in [0.29, 0.717) is 18.5 Å². The normalized spacial score (nSPS) is 18.2. The molecular formula is C29H40N6O. The van der Waals surface area contributed by atoms with Crippen LogP contribution in [0.1, 0.15) is 87.7 Å². The molecule has 5 rings (SSSR count). The second-order valence-electron chi connectivity index (χ2n) is 10.7. The first-order valence-electron chi connectivity index (χ1n) is 13.6. The second kappa shape index (κ2) is 9.75. The van der Waals surface area contributed by atoms with Gasteiger partial charge in [0.05, 0.1) is 18.8 Å². The molecule has 7 nitrogen and oxygen atoms in total. The van der Waals surface area contributed by atoms with Crippen LogP contribution in [0.2, 0.25) is 0 Å². The molecule has 2 aliphatic rings. The summed E-state index contributed by atoms with van der Waals surface area (Å²) in [5.41, 5.74) is 8.85. The van der Waals surface area contributed by atoms with Gasteiger partial charge in [-0.05, 0) is 60.9 Å². The third-order valence-corrected chi connectivity index (χ3v) is 8.20. The number of anilines is 2.